The summed E-state index contributed by atoms with van der Waals surface area (Å²) in [4.78, 5) is 29.0. The average molecular weight is 360 g/mol. The van der Waals surface area contributed by atoms with Gasteiger partial charge in [-0.3, -0.25) is 14.3 Å². The zero-order valence-electron chi connectivity index (χ0n) is 14.0. The topological polar surface area (TPSA) is 84.2 Å². The fourth-order valence-corrected chi connectivity index (χ4v) is 4.41. The van der Waals surface area contributed by atoms with Crippen LogP contribution in [-0.2, 0) is 11.3 Å². The van der Waals surface area contributed by atoms with Gasteiger partial charge in [0.05, 0.1) is 29.5 Å². The van der Waals surface area contributed by atoms with E-state index >= 15 is 0 Å². The summed E-state index contributed by atoms with van der Waals surface area (Å²) in [5.74, 6) is 0.0473. The molecule has 4 heterocycles. The van der Waals surface area contributed by atoms with E-state index in [1.54, 1.807) is 13.1 Å². The molecule has 0 spiro atoms. The van der Waals surface area contributed by atoms with Gasteiger partial charge in [0.2, 0.25) is 5.91 Å². The first-order chi connectivity index (χ1) is 12.1. The minimum absolute atomic E-state index is 0.0363. The molecule has 0 unspecified atom stereocenters. The van der Waals surface area contributed by atoms with Crippen LogP contribution in [0.2, 0.25) is 0 Å². The smallest absolute Gasteiger partial charge is 0.275 e. The predicted octanol–water partition coefficient (Wildman–Crippen LogP) is 0.949. The Labute approximate surface area is 149 Å². The van der Waals surface area contributed by atoms with E-state index < -0.39 is 0 Å². The SMILES string of the molecule is Cc1nsnc1C(=O)N1CC[C@H]2[C@@H]1CC(=O)N2CCCn1cccn1. The van der Waals surface area contributed by atoms with Gasteiger partial charge in [-0.15, -0.1) is 0 Å². The van der Waals surface area contributed by atoms with Crippen molar-refractivity contribution < 1.29 is 9.59 Å². The average Bonchev–Trinajstić information content (AvgIpc) is 3.34. The molecule has 2 saturated heterocycles. The maximum absolute atomic E-state index is 12.7. The molecule has 2 aromatic heterocycles. The maximum atomic E-state index is 12.7. The number of hydrogen-bond acceptors (Lipinski definition) is 6. The Bertz CT molecular complexity index is 773. The number of rotatable bonds is 5. The van der Waals surface area contributed by atoms with Crippen LogP contribution in [0.5, 0.6) is 0 Å². The summed E-state index contributed by atoms with van der Waals surface area (Å²) < 4.78 is 10.1. The maximum Gasteiger partial charge on any atom is 0.275 e. The van der Waals surface area contributed by atoms with Crippen LogP contribution < -0.4 is 0 Å². The van der Waals surface area contributed by atoms with Crippen molar-refractivity contribution in [2.75, 3.05) is 13.1 Å². The van der Waals surface area contributed by atoms with Crippen molar-refractivity contribution in [3.8, 4) is 0 Å². The molecule has 132 valence electrons. The second-order valence-electron chi connectivity index (χ2n) is 6.53. The highest BCUT2D eigenvalue weighted by molar-refractivity contribution is 6.99. The van der Waals surface area contributed by atoms with Gasteiger partial charge in [0, 0.05) is 38.4 Å². The van der Waals surface area contributed by atoms with Gasteiger partial charge >= 0.3 is 0 Å². The lowest BCUT2D eigenvalue weighted by molar-refractivity contribution is -0.129. The van der Waals surface area contributed by atoms with Gasteiger partial charge in [0.15, 0.2) is 5.69 Å². The van der Waals surface area contributed by atoms with Gasteiger partial charge in [0.1, 0.15) is 0 Å². The molecule has 0 saturated carbocycles. The first kappa shape index (κ1) is 16.2. The summed E-state index contributed by atoms with van der Waals surface area (Å²) in [7, 11) is 0. The lowest BCUT2D eigenvalue weighted by Gasteiger charge is -2.25. The molecule has 0 aromatic carbocycles. The van der Waals surface area contributed by atoms with Crippen molar-refractivity contribution in [2.24, 2.45) is 0 Å². The van der Waals surface area contributed by atoms with E-state index in [2.05, 4.69) is 13.8 Å². The van der Waals surface area contributed by atoms with Gasteiger partial charge in [-0.05, 0) is 25.8 Å². The van der Waals surface area contributed by atoms with Crippen molar-refractivity contribution in [2.45, 2.75) is 44.8 Å². The van der Waals surface area contributed by atoms with Crippen LogP contribution in [0.1, 0.15) is 35.4 Å². The summed E-state index contributed by atoms with van der Waals surface area (Å²) in [6.07, 6.45) is 5.79. The number of nitrogens with zero attached hydrogens (tertiary/aromatic N) is 6. The van der Waals surface area contributed by atoms with E-state index in [0.717, 1.165) is 31.1 Å². The highest BCUT2D eigenvalue weighted by Crippen LogP contribution is 2.33. The van der Waals surface area contributed by atoms with Crippen LogP contribution in [0.25, 0.3) is 0 Å². The lowest BCUT2D eigenvalue weighted by atomic mass is 10.1. The third kappa shape index (κ3) is 2.92. The molecule has 8 nitrogen and oxygen atoms in total. The number of carbonyl (C=O) groups is 2. The van der Waals surface area contributed by atoms with E-state index in [0.29, 0.717) is 30.9 Å². The highest BCUT2D eigenvalue weighted by atomic mass is 32.1. The first-order valence-electron chi connectivity index (χ1n) is 8.52. The largest absolute Gasteiger partial charge is 0.337 e. The molecule has 0 aliphatic carbocycles. The number of likely N-dealkylation sites (tertiary alicyclic amines) is 2. The van der Waals surface area contributed by atoms with Crippen molar-refractivity contribution in [1.82, 2.24) is 28.3 Å². The number of hydrogen-bond donors (Lipinski definition) is 0. The molecule has 0 radical (unpaired) electrons. The van der Waals surface area contributed by atoms with Crippen LogP contribution in [0.15, 0.2) is 18.5 Å². The standard InChI is InChI=1S/C16H20N6O2S/c1-11-15(19-25-18-11)16(24)22-9-4-12-13(22)10-14(23)21(12)8-3-7-20-6-2-5-17-20/h2,5-6,12-13H,3-4,7-10H2,1H3/t12-,13-/m0/s1. The molecular weight excluding hydrogens is 340 g/mol. The number of fused-ring (bicyclic) bond motifs is 1. The van der Waals surface area contributed by atoms with Crippen LogP contribution in [0.3, 0.4) is 0 Å². The van der Waals surface area contributed by atoms with Crippen molar-refractivity contribution in [1.29, 1.82) is 0 Å². The van der Waals surface area contributed by atoms with Crippen molar-refractivity contribution >= 4 is 23.5 Å². The quantitative estimate of drug-likeness (QED) is 0.793. The van der Waals surface area contributed by atoms with Gasteiger partial charge < -0.3 is 9.80 Å². The summed E-state index contributed by atoms with van der Waals surface area (Å²) >= 11 is 1.06. The number of aryl methyl sites for hydroxylation is 2. The van der Waals surface area contributed by atoms with E-state index in [1.807, 2.05) is 26.7 Å². The molecule has 4 rings (SSSR count). The van der Waals surface area contributed by atoms with Crippen LogP contribution in [-0.4, -0.2) is 65.3 Å². The minimum atomic E-state index is -0.0926. The zero-order chi connectivity index (χ0) is 17.4. The number of aromatic nitrogens is 4. The van der Waals surface area contributed by atoms with Crippen LogP contribution >= 0.6 is 11.7 Å². The molecular formula is C16H20N6O2S. The second-order valence-corrected chi connectivity index (χ2v) is 7.06. The molecule has 2 amide bonds. The fraction of sp³-hybridized carbons (Fsp3) is 0.562. The van der Waals surface area contributed by atoms with Crippen LogP contribution in [0.4, 0.5) is 0 Å². The zero-order valence-corrected chi connectivity index (χ0v) is 14.9. The Morgan fingerprint density at radius 3 is 2.92 bits per heavy atom. The monoisotopic (exact) mass is 360 g/mol. The summed E-state index contributed by atoms with van der Waals surface area (Å²) in [5.41, 5.74) is 1.09. The Morgan fingerprint density at radius 2 is 2.20 bits per heavy atom. The molecule has 25 heavy (non-hydrogen) atoms. The summed E-state index contributed by atoms with van der Waals surface area (Å²) in [6, 6.07) is 1.99. The highest BCUT2D eigenvalue weighted by Gasteiger charge is 2.48. The lowest BCUT2D eigenvalue weighted by Crippen LogP contribution is -2.40. The van der Waals surface area contributed by atoms with Gasteiger partial charge in [-0.2, -0.15) is 13.8 Å². The van der Waals surface area contributed by atoms with Gasteiger partial charge in [-0.1, -0.05) is 0 Å². The van der Waals surface area contributed by atoms with Gasteiger partial charge in [-0.25, -0.2) is 0 Å². The Kier molecular flexibility index (Phi) is 4.24. The van der Waals surface area contributed by atoms with E-state index in [9.17, 15) is 9.59 Å². The first-order valence-corrected chi connectivity index (χ1v) is 9.25. The van der Waals surface area contributed by atoms with E-state index in [1.165, 1.54) is 0 Å². The fourth-order valence-electron chi connectivity index (χ4n) is 3.87. The second kappa shape index (κ2) is 6.55. The predicted molar refractivity (Wildman–Crippen MR) is 91.0 cm³/mol. The minimum Gasteiger partial charge on any atom is -0.337 e. The van der Waals surface area contributed by atoms with Gasteiger partial charge in [0.25, 0.3) is 5.91 Å². The van der Waals surface area contributed by atoms with E-state index in [4.69, 9.17) is 0 Å². The van der Waals surface area contributed by atoms with Crippen molar-refractivity contribution in [3.05, 3.63) is 29.8 Å². The summed E-state index contributed by atoms with van der Waals surface area (Å²) in [5, 5.41) is 4.19. The molecule has 2 aliphatic rings. The molecule has 9 heteroatoms. The molecule has 0 N–H and O–H groups in total. The normalized spacial score (nSPS) is 22.7. The van der Waals surface area contributed by atoms with Crippen LogP contribution in [0, 0.1) is 6.92 Å². The third-order valence-corrected chi connectivity index (χ3v) is 5.70. The van der Waals surface area contributed by atoms with Crippen molar-refractivity contribution in [3.63, 3.8) is 0 Å². The molecule has 2 fully saturated rings. The van der Waals surface area contributed by atoms with E-state index in [-0.39, 0.29) is 23.9 Å². The third-order valence-electron chi connectivity index (χ3n) is 5.08. The Balaban J connectivity index is 1.40. The number of amides is 2. The molecule has 2 aliphatic heterocycles. The number of carbonyl (C=O) groups excluding carboxylic acids is 2. The summed E-state index contributed by atoms with van der Waals surface area (Å²) in [6.45, 7) is 3.97. The Morgan fingerprint density at radius 1 is 1.32 bits per heavy atom. The molecule has 2 atom stereocenters. The Hall–Kier alpha value is -2.29. The molecule has 2 aromatic rings. The molecule has 0 bridgehead atoms.